The molecule has 0 saturated heterocycles. The first kappa shape index (κ1) is 16.9. The van der Waals surface area contributed by atoms with E-state index in [2.05, 4.69) is 17.2 Å². The van der Waals surface area contributed by atoms with E-state index in [-0.39, 0.29) is 11.7 Å². The lowest BCUT2D eigenvalue weighted by Crippen LogP contribution is -2.27. The Morgan fingerprint density at radius 3 is 2.70 bits per heavy atom. The Morgan fingerprint density at radius 1 is 1.26 bits per heavy atom. The molecule has 0 bridgehead atoms. The topological polar surface area (TPSA) is 45.2 Å². The van der Waals surface area contributed by atoms with Crippen LogP contribution < -0.4 is 5.32 Å². The first-order chi connectivity index (χ1) is 11.1. The van der Waals surface area contributed by atoms with Crippen LogP contribution in [0.3, 0.4) is 0 Å². The number of halogens is 1. The molecule has 1 heterocycles. The summed E-state index contributed by atoms with van der Waals surface area (Å²) in [5.74, 6) is 0.365. The van der Waals surface area contributed by atoms with Gasteiger partial charge in [0.2, 0.25) is 0 Å². The van der Waals surface area contributed by atoms with Crippen molar-refractivity contribution < 1.29 is 9.18 Å². The molecule has 23 heavy (non-hydrogen) atoms. The Morgan fingerprint density at radius 2 is 2.00 bits per heavy atom. The molecule has 5 heteroatoms. The standard InChI is InChI=1S/C18H22FN3O/c1-3-4-11-22(2)18(23)15-9-10-20-17(12-15)21-13-14-5-7-16(19)8-6-14/h5-10,12H,3-4,11,13H2,1-2H3,(H,20,21). The summed E-state index contributed by atoms with van der Waals surface area (Å²) in [5, 5.41) is 3.15. The van der Waals surface area contributed by atoms with Crippen LogP contribution in [0.2, 0.25) is 0 Å². The molecule has 122 valence electrons. The molecule has 0 aliphatic rings. The predicted octanol–water partition coefficient (Wildman–Crippen LogP) is 3.70. The van der Waals surface area contributed by atoms with E-state index in [0.717, 1.165) is 24.9 Å². The zero-order valence-electron chi connectivity index (χ0n) is 13.6. The minimum absolute atomic E-state index is 0.00863. The molecule has 0 radical (unpaired) electrons. The summed E-state index contributed by atoms with van der Waals surface area (Å²) < 4.78 is 12.9. The number of benzene rings is 1. The second-order valence-corrected chi connectivity index (χ2v) is 5.49. The number of hydrogen-bond acceptors (Lipinski definition) is 3. The fourth-order valence-corrected chi connectivity index (χ4v) is 2.17. The van der Waals surface area contributed by atoms with E-state index in [4.69, 9.17) is 0 Å². The van der Waals surface area contributed by atoms with E-state index in [1.54, 1.807) is 35.4 Å². The Hall–Kier alpha value is -2.43. The van der Waals surface area contributed by atoms with Crippen LogP contribution in [0.15, 0.2) is 42.6 Å². The van der Waals surface area contributed by atoms with Gasteiger partial charge in [0.05, 0.1) is 0 Å². The number of carbonyl (C=O) groups excluding carboxylic acids is 1. The first-order valence-electron chi connectivity index (χ1n) is 7.80. The van der Waals surface area contributed by atoms with Crippen molar-refractivity contribution in [3.8, 4) is 0 Å². The molecule has 0 unspecified atom stereocenters. The van der Waals surface area contributed by atoms with Gasteiger partial charge < -0.3 is 10.2 Å². The van der Waals surface area contributed by atoms with E-state index in [1.165, 1.54) is 12.1 Å². The number of anilines is 1. The Kier molecular flexibility index (Phi) is 6.09. The fraction of sp³-hybridized carbons (Fsp3) is 0.333. The van der Waals surface area contributed by atoms with Gasteiger partial charge in [-0.2, -0.15) is 0 Å². The maximum absolute atomic E-state index is 12.9. The van der Waals surface area contributed by atoms with Gasteiger partial charge in [0, 0.05) is 31.9 Å². The molecule has 0 saturated carbocycles. The third kappa shape index (κ3) is 5.06. The molecular weight excluding hydrogens is 293 g/mol. The van der Waals surface area contributed by atoms with Crippen LogP contribution >= 0.6 is 0 Å². The quantitative estimate of drug-likeness (QED) is 0.847. The monoisotopic (exact) mass is 315 g/mol. The summed E-state index contributed by atoms with van der Waals surface area (Å²) in [6.45, 7) is 3.37. The third-order valence-electron chi connectivity index (χ3n) is 3.59. The lowest BCUT2D eigenvalue weighted by Gasteiger charge is -2.17. The van der Waals surface area contributed by atoms with Gasteiger partial charge in [-0.25, -0.2) is 9.37 Å². The number of nitrogens with one attached hydrogen (secondary N) is 1. The van der Waals surface area contributed by atoms with E-state index in [1.807, 2.05) is 7.05 Å². The molecule has 0 aliphatic heterocycles. The van der Waals surface area contributed by atoms with Crippen molar-refractivity contribution in [2.75, 3.05) is 18.9 Å². The van der Waals surface area contributed by atoms with Gasteiger partial charge in [-0.05, 0) is 36.2 Å². The molecule has 1 amide bonds. The number of hydrogen-bond donors (Lipinski definition) is 1. The average molecular weight is 315 g/mol. The summed E-state index contributed by atoms with van der Waals surface area (Å²) in [6.07, 6.45) is 3.66. The van der Waals surface area contributed by atoms with Gasteiger partial charge in [0.1, 0.15) is 11.6 Å². The van der Waals surface area contributed by atoms with Crippen LogP contribution in [0.4, 0.5) is 10.2 Å². The number of aromatic nitrogens is 1. The SMILES string of the molecule is CCCCN(C)C(=O)c1ccnc(NCc2ccc(F)cc2)c1. The largest absolute Gasteiger partial charge is 0.366 e. The first-order valence-corrected chi connectivity index (χ1v) is 7.80. The van der Waals surface area contributed by atoms with Crippen molar-refractivity contribution in [1.82, 2.24) is 9.88 Å². The van der Waals surface area contributed by atoms with E-state index in [9.17, 15) is 9.18 Å². The molecule has 1 aromatic carbocycles. The molecule has 2 rings (SSSR count). The summed E-state index contributed by atoms with van der Waals surface area (Å²) in [6, 6.07) is 9.74. The number of carbonyl (C=O) groups is 1. The van der Waals surface area contributed by atoms with Gasteiger partial charge in [0.25, 0.3) is 5.91 Å². The Bertz CT molecular complexity index is 643. The van der Waals surface area contributed by atoms with Gasteiger partial charge in [-0.3, -0.25) is 4.79 Å². The molecule has 0 aliphatic carbocycles. The van der Waals surface area contributed by atoms with Crippen LogP contribution in [0.25, 0.3) is 0 Å². The van der Waals surface area contributed by atoms with Crippen LogP contribution in [0.1, 0.15) is 35.7 Å². The maximum atomic E-state index is 12.9. The zero-order valence-corrected chi connectivity index (χ0v) is 13.6. The number of rotatable bonds is 7. The predicted molar refractivity (Wildman–Crippen MR) is 89.8 cm³/mol. The molecule has 1 aromatic heterocycles. The second-order valence-electron chi connectivity index (χ2n) is 5.49. The van der Waals surface area contributed by atoms with Gasteiger partial charge in [-0.15, -0.1) is 0 Å². The van der Waals surface area contributed by atoms with Crippen LogP contribution in [-0.2, 0) is 6.54 Å². The highest BCUT2D eigenvalue weighted by atomic mass is 19.1. The minimum atomic E-state index is -0.255. The Labute approximate surface area is 136 Å². The van der Waals surface area contributed by atoms with E-state index >= 15 is 0 Å². The number of pyridine rings is 1. The van der Waals surface area contributed by atoms with Crippen LogP contribution in [0.5, 0.6) is 0 Å². The molecular formula is C18H22FN3O. The molecule has 2 aromatic rings. The lowest BCUT2D eigenvalue weighted by atomic mass is 10.2. The molecule has 4 nitrogen and oxygen atoms in total. The molecule has 0 fully saturated rings. The fourth-order valence-electron chi connectivity index (χ4n) is 2.17. The molecule has 0 spiro atoms. The second kappa shape index (κ2) is 8.27. The van der Waals surface area contributed by atoms with E-state index < -0.39 is 0 Å². The van der Waals surface area contributed by atoms with Crippen molar-refractivity contribution in [1.29, 1.82) is 0 Å². The van der Waals surface area contributed by atoms with Crippen LogP contribution in [-0.4, -0.2) is 29.4 Å². The van der Waals surface area contributed by atoms with Crippen molar-refractivity contribution in [2.45, 2.75) is 26.3 Å². The Balaban J connectivity index is 1.98. The highest BCUT2D eigenvalue weighted by Crippen LogP contribution is 2.11. The normalized spacial score (nSPS) is 10.4. The summed E-state index contributed by atoms with van der Waals surface area (Å²) in [7, 11) is 1.81. The highest BCUT2D eigenvalue weighted by molar-refractivity contribution is 5.94. The van der Waals surface area contributed by atoms with Crippen molar-refractivity contribution in [2.24, 2.45) is 0 Å². The lowest BCUT2D eigenvalue weighted by molar-refractivity contribution is 0.0793. The average Bonchev–Trinajstić information content (AvgIpc) is 2.58. The minimum Gasteiger partial charge on any atom is -0.366 e. The number of nitrogens with zero attached hydrogens (tertiary/aromatic N) is 2. The van der Waals surface area contributed by atoms with Crippen molar-refractivity contribution in [3.63, 3.8) is 0 Å². The number of unbranched alkanes of at least 4 members (excludes halogenated alkanes) is 1. The van der Waals surface area contributed by atoms with Crippen LogP contribution in [0, 0.1) is 5.82 Å². The van der Waals surface area contributed by atoms with Gasteiger partial charge in [-0.1, -0.05) is 25.5 Å². The van der Waals surface area contributed by atoms with E-state index in [0.29, 0.717) is 17.9 Å². The van der Waals surface area contributed by atoms with Crippen molar-refractivity contribution >= 4 is 11.7 Å². The zero-order chi connectivity index (χ0) is 16.7. The maximum Gasteiger partial charge on any atom is 0.253 e. The van der Waals surface area contributed by atoms with Gasteiger partial charge >= 0.3 is 0 Å². The molecule has 0 atom stereocenters. The number of amides is 1. The summed E-state index contributed by atoms with van der Waals surface area (Å²) in [5.41, 5.74) is 1.56. The van der Waals surface area contributed by atoms with Crippen molar-refractivity contribution in [3.05, 3.63) is 59.5 Å². The summed E-state index contributed by atoms with van der Waals surface area (Å²) in [4.78, 5) is 18.3. The van der Waals surface area contributed by atoms with Gasteiger partial charge in [0.15, 0.2) is 0 Å². The summed E-state index contributed by atoms with van der Waals surface area (Å²) >= 11 is 0. The smallest absolute Gasteiger partial charge is 0.253 e. The molecule has 1 N–H and O–H groups in total. The third-order valence-corrected chi connectivity index (χ3v) is 3.59. The highest BCUT2D eigenvalue weighted by Gasteiger charge is 2.11.